The molecule has 10 nitrogen and oxygen atoms in total. The third-order valence-electron chi connectivity index (χ3n) is 5.04. The van der Waals surface area contributed by atoms with Gasteiger partial charge in [0, 0.05) is 12.6 Å². The Labute approximate surface area is 237 Å². The van der Waals surface area contributed by atoms with Crippen molar-refractivity contribution in [1.29, 1.82) is 0 Å². The average Bonchev–Trinajstić information content (AvgIpc) is 3.43. The summed E-state index contributed by atoms with van der Waals surface area (Å²) in [5, 5.41) is 11.5. The SMILES string of the molecule is C=CCn1c(COc2ccc(F)c(Cl)c2)nnc1SCC(=O)Nc1sc(C(=O)OCC)c(C)c1C(=O)OCC. The molecule has 208 valence electrons. The third-order valence-corrected chi connectivity index (χ3v) is 7.48. The summed E-state index contributed by atoms with van der Waals surface area (Å²) < 4.78 is 31.0. The van der Waals surface area contributed by atoms with Gasteiger partial charge < -0.3 is 19.5 Å². The molecule has 0 atom stereocenters. The molecule has 14 heteroatoms. The monoisotopic (exact) mass is 596 g/mol. The number of allylic oxidation sites excluding steroid dienone is 1. The highest BCUT2D eigenvalue weighted by molar-refractivity contribution is 7.99. The Balaban J connectivity index is 1.72. The lowest BCUT2D eigenvalue weighted by molar-refractivity contribution is -0.113. The van der Waals surface area contributed by atoms with E-state index >= 15 is 0 Å². The van der Waals surface area contributed by atoms with Gasteiger partial charge in [-0.15, -0.1) is 28.1 Å². The largest absolute Gasteiger partial charge is 0.486 e. The van der Waals surface area contributed by atoms with Gasteiger partial charge in [0.2, 0.25) is 5.91 Å². The number of carbonyl (C=O) groups excluding carboxylic acids is 3. The molecule has 0 aliphatic carbocycles. The summed E-state index contributed by atoms with van der Waals surface area (Å²) in [6.45, 7) is 9.34. The minimum Gasteiger partial charge on any atom is -0.486 e. The Morgan fingerprint density at radius 1 is 1.21 bits per heavy atom. The van der Waals surface area contributed by atoms with E-state index in [9.17, 15) is 18.8 Å². The number of benzene rings is 1. The van der Waals surface area contributed by atoms with Crippen LogP contribution in [-0.4, -0.2) is 51.6 Å². The summed E-state index contributed by atoms with van der Waals surface area (Å²) in [7, 11) is 0. The molecule has 1 aromatic carbocycles. The van der Waals surface area contributed by atoms with E-state index in [2.05, 4.69) is 22.1 Å². The van der Waals surface area contributed by atoms with E-state index in [-0.39, 0.29) is 46.0 Å². The van der Waals surface area contributed by atoms with Gasteiger partial charge in [0.25, 0.3) is 0 Å². The number of rotatable bonds is 13. The summed E-state index contributed by atoms with van der Waals surface area (Å²) in [5.74, 6) is -1.49. The predicted molar refractivity (Wildman–Crippen MR) is 146 cm³/mol. The summed E-state index contributed by atoms with van der Waals surface area (Å²) in [4.78, 5) is 38.0. The smallest absolute Gasteiger partial charge is 0.348 e. The normalized spacial score (nSPS) is 10.7. The van der Waals surface area contributed by atoms with E-state index in [1.54, 1.807) is 31.4 Å². The van der Waals surface area contributed by atoms with Crippen LogP contribution in [0.2, 0.25) is 5.02 Å². The van der Waals surface area contributed by atoms with Crippen molar-refractivity contribution in [3.8, 4) is 5.75 Å². The van der Waals surface area contributed by atoms with E-state index < -0.39 is 23.7 Å². The Morgan fingerprint density at radius 2 is 1.92 bits per heavy atom. The molecule has 0 fully saturated rings. The number of halogens is 2. The van der Waals surface area contributed by atoms with Gasteiger partial charge in [-0.1, -0.05) is 29.4 Å². The maximum Gasteiger partial charge on any atom is 0.348 e. The number of carbonyl (C=O) groups is 3. The Hall–Kier alpha value is -3.42. The molecule has 0 saturated heterocycles. The number of nitrogens with zero attached hydrogens (tertiary/aromatic N) is 3. The first-order valence-corrected chi connectivity index (χ1v) is 13.9. The van der Waals surface area contributed by atoms with Crippen molar-refractivity contribution in [2.45, 2.75) is 39.1 Å². The molecule has 1 N–H and O–H groups in total. The van der Waals surface area contributed by atoms with Crippen molar-refractivity contribution in [3.63, 3.8) is 0 Å². The highest BCUT2D eigenvalue weighted by Crippen LogP contribution is 2.34. The van der Waals surface area contributed by atoms with Crippen molar-refractivity contribution in [2.24, 2.45) is 0 Å². The number of thioether (sulfide) groups is 1. The molecule has 0 aliphatic rings. The molecule has 39 heavy (non-hydrogen) atoms. The molecule has 0 spiro atoms. The molecule has 0 unspecified atom stereocenters. The molecule has 0 aliphatic heterocycles. The van der Waals surface area contributed by atoms with Crippen molar-refractivity contribution in [1.82, 2.24) is 14.8 Å². The summed E-state index contributed by atoms with van der Waals surface area (Å²) in [6.07, 6.45) is 1.64. The number of amides is 1. The van der Waals surface area contributed by atoms with E-state index in [0.29, 0.717) is 28.8 Å². The number of esters is 2. The first-order valence-electron chi connectivity index (χ1n) is 11.7. The molecule has 3 aromatic rings. The molecular formula is C25H26ClFN4O6S2. The lowest BCUT2D eigenvalue weighted by Gasteiger charge is -2.10. The van der Waals surface area contributed by atoms with Gasteiger partial charge in [0.1, 0.15) is 28.1 Å². The second kappa shape index (κ2) is 14.1. The predicted octanol–water partition coefficient (Wildman–Crippen LogP) is 5.29. The van der Waals surface area contributed by atoms with Crippen LogP contribution in [0.15, 0.2) is 36.0 Å². The van der Waals surface area contributed by atoms with E-state index in [0.717, 1.165) is 23.1 Å². The highest BCUT2D eigenvalue weighted by atomic mass is 35.5. The second-order valence-electron chi connectivity index (χ2n) is 7.70. The molecule has 0 saturated carbocycles. The zero-order chi connectivity index (χ0) is 28.5. The summed E-state index contributed by atoms with van der Waals surface area (Å²) in [6, 6.07) is 4.00. The maximum atomic E-state index is 13.4. The number of nitrogens with one attached hydrogen (secondary N) is 1. The number of hydrogen-bond donors (Lipinski definition) is 1. The molecule has 0 bridgehead atoms. The van der Waals surface area contributed by atoms with Crippen molar-refractivity contribution in [2.75, 3.05) is 24.3 Å². The molecular weight excluding hydrogens is 571 g/mol. The topological polar surface area (TPSA) is 122 Å². The summed E-state index contributed by atoms with van der Waals surface area (Å²) in [5.41, 5.74) is 0.482. The first kappa shape index (κ1) is 30.1. The lowest BCUT2D eigenvalue weighted by Crippen LogP contribution is -2.17. The van der Waals surface area contributed by atoms with Gasteiger partial charge in [-0.05, 0) is 38.5 Å². The number of thiophene rings is 1. The van der Waals surface area contributed by atoms with Crippen LogP contribution in [0.25, 0.3) is 0 Å². The van der Waals surface area contributed by atoms with E-state index in [1.165, 1.54) is 18.2 Å². The number of aromatic nitrogens is 3. The van der Waals surface area contributed by atoms with Crippen molar-refractivity contribution < 1.29 is 33.0 Å². The Morgan fingerprint density at radius 3 is 2.59 bits per heavy atom. The third kappa shape index (κ3) is 7.58. The van der Waals surface area contributed by atoms with Crippen molar-refractivity contribution >= 4 is 57.5 Å². The fourth-order valence-corrected chi connectivity index (χ4v) is 5.34. The average molecular weight is 597 g/mol. The molecule has 1 amide bonds. The molecule has 0 radical (unpaired) electrons. The van der Waals surface area contributed by atoms with Gasteiger partial charge in [0.15, 0.2) is 11.0 Å². The van der Waals surface area contributed by atoms with Gasteiger partial charge in [-0.25, -0.2) is 14.0 Å². The van der Waals surface area contributed by atoms with Crippen LogP contribution in [-0.2, 0) is 27.4 Å². The molecule has 2 aromatic heterocycles. The maximum absolute atomic E-state index is 13.4. The van der Waals surface area contributed by atoms with E-state index in [1.807, 2.05) is 0 Å². The van der Waals surface area contributed by atoms with Crippen LogP contribution >= 0.6 is 34.7 Å². The fraction of sp³-hybridized carbons (Fsp3) is 0.320. The quantitative estimate of drug-likeness (QED) is 0.159. The lowest BCUT2D eigenvalue weighted by atomic mass is 10.1. The van der Waals surface area contributed by atoms with Gasteiger partial charge in [-0.3, -0.25) is 9.36 Å². The number of ether oxygens (including phenoxy) is 3. The van der Waals surface area contributed by atoms with Crippen LogP contribution in [0, 0.1) is 12.7 Å². The van der Waals surface area contributed by atoms with Crippen molar-refractivity contribution in [3.05, 3.63) is 63.5 Å². The zero-order valence-electron chi connectivity index (χ0n) is 21.4. The van der Waals surface area contributed by atoms with Crippen LogP contribution < -0.4 is 10.1 Å². The highest BCUT2D eigenvalue weighted by Gasteiger charge is 2.27. The van der Waals surface area contributed by atoms with Gasteiger partial charge >= 0.3 is 11.9 Å². The van der Waals surface area contributed by atoms with Crippen LogP contribution in [0.5, 0.6) is 5.75 Å². The minimum absolute atomic E-state index is 0.0174. The standard InChI is InChI=1S/C25H26ClFN4O6S2/c1-5-10-31-18(12-37-15-8-9-17(27)16(26)11-15)29-30-25(31)38-13-19(32)28-22-20(23(33)35-6-2)14(4)21(39-22)24(34)36-7-3/h5,8-9,11H,1,6-7,10,12-13H2,2-4H3,(H,28,32). The van der Waals surface area contributed by atoms with Crippen LogP contribution in [0.3, 0.4) is 0 Å². The van der Waals surface area contributed by atoms with Crippen LogP contribution in [0.4, 0.5) is 9.39 Å². The Kier molecular flexibility index (Phi) is 10.9. The first-order chi connectivity index (χ1) is 18.7. The molecule has 3 rings (SSSR count). The number of anilines is 1. The Bertz CT molecular complexity index is 1380. The number of hydrogen-bond acceptors (Lipinski definition) is 10. The second-order valence-corrected chi connectivity index (χ2v) is 10.1. The fourth-order valence-electron chi connectivity index (χ4n) is 3.29. The van der Waals surface area contributed by atoms with Crippen LogP contribution in [0.1, 0.15) is 45.3 Å². The zero-order valence-corrected chi connectivity index (χ0v) is 23.8. The summed E-state index contributed by atoms with van der Waals surface area (Å²) >= 11 is 7.86. The van der Waals surface area contributed by atoms with Gasteiger partial charge in [0.05, 0.1) is 29.6 Å². The van der Waals surface area contributed by atoms with Gasteiger partial charge in [-0.2, -0.15) is 0 Å². The minimum atomic E-state index is -0.650. The van der Waals surface area contributed by atoms with E-state index in [4.69, 9.17) is 25.8 Å². The molecule has 2 heterocycles.